The van der Waals surface area contributed by atoms with E-state index in [0.29, 0.717) is 32.2 Å². The topological polar surface area (TPSA) is 123 Å². The summed E-state index contributed by atoms with van der Waals surface area (Å²) in [5.74, 6) is -2.78. The average molecular weight is 521 g/mol. The first-order valence-electron chi connectivity index (χ1n) is 13.0. The number of methoxy groups -OCH3 is 1. The van der Waals surface area contributed by atoms with Gasteiger partial charge in [0, 0.05) is 12.6 Å². The molecule has 10 heteroatoms. The van der Waals surface area contributed by atoms with Crippen molar-refractivity contribution in [1.29, 1.82) is 0 Å². The van der Waals surface area contributed by atoms with Crippen LogP contribution in [0.1, 0.15) is 69.2 Å². The van der Waals surface area contributed by atoms with Crippen LogP contribution in [0.4, 0.5) is 4.39 Å². The van der Waals surface area contributed by atoms with Crippen molar-refractivity contribution in [2.24, 2.45) is 16.7 Å². The number of nitrogens with one attached hydrogen (secondary N) is 2. The molecule has 0 radical (unpaired) electrons. The number of halogens is 1. The Hall–Kier alpha value is -2.88. The molecular weight excluding hydrogens is 483 g/mol. The first kappa shape index (κ1) is 27.2. The number of carbonyl (C=O) groups excluding carboxylic acids is 2. The Morgan fingerprint density at radius 2 is 1.81 bits per heavy atom. The van der Waals surface area contributed by atoms with E-state index in [9.17, 15) is 23.9 Å². The Bertz CT molecular complexity index is 1030. The van der Waals surface area contributed by atoms with E-state index in [2.05, 4.69) is 17.6 Å². The van der Waals surface area contributed by atoms with Crippen molar-refractivity contribution in [3.8, 4) is 11.5 Å². The molecule has 0 aromatic heterocycles. The maximum absolute atomic E-state index is 14.8. The number of carboxylic acid groups (broad SMARTS) is 1. The van der Waals surface area contributed by atoms with Crippen LogP contribution in [0.2, 0.25) is 0 Å². The summed E-state index contributed by atoms with van der Waals surface area (Å²) in [7, 11) is 1.34. The molecule has 1 heterocycles. The van der Waals surface area contributed by atoms with Crippen molar-refractivity contribution in [2.75, 3.05) is 26.9 Å². The predicted molar refractivity (Wildman–Crippen MR) is 132 cm³/mol. The highest BCUT2D eigenvalue weighted by Gasteiger charge is 2.40. The Balaban J connectivity index is 1.41. The molecule has 3 aliphatic rings. The Kier molecular flexibility index (Phi) is 7.96. The van der Waals surface area contributed by atoms with Gasteiger partial charge in [0.15, 0.2) is 11.6 Å². The number of benzene rings is 1. The molecule has 2 aliphatic carbocycles. The normalized spacial score (nSPS) is 28.6. The maximum atomic E-state index is 14.8. The predicted octanol–water partition coefficient (Wildman–Crippen LogP) is 3.30. The second-order valence-electron chi connectivity index (χ2n) is 11.3. The van der Waals surface area contributed by atoms with Crippen molar-refractivity contribution in [3.63, 3.8) is 0 Å². The first-order chi connectivity index (χ1) is 17.5. The number of carbonyl (C=O) groups is 3. The molecule has 1 aliphatic heterocycles. The fourth-order valence-electron chi connectivity index (χ4n) is 5.30. The van der Waals surface area contributed by atoms with Gasteiger partial charge in [-0.05, 0) is 56.9 Å². The van der Waals surface area contributed by atoms with Gasteiger partial charge in [-0.25, -0.2) is 4.39 Å². The molecule has 9 nitrogen and oxygen atoms in total. The van der Waals surface area contributed by atoms with E-state index < -0.39 is 35.1 Å². The number of rotatable bonds is 9. The second-order valence-corrected chi connectivity index (χ2v) is 11.3. The van der Waals surface area contributed by atoms with Crippen LogP contribution in [0.15, 0.2) is 12.1 Å². The Labute approximate surface area is 216 Å². The van der Waals surface area contributed by atoms with Gasteiger partial charge in [-0.3, -0.25) is 14.4 Å². The van der Waals surface area contributed by atoms with Crippen LogP contribution in [0.5, 0.6) is 11.5 Å². The first-order valence-corrected chi connectivity index (χ1v) is 13.0. The van der Waals surface area contributed by atoms with E-state index in [0.717, 1.165) is 18.9 Å². The molecule has 2 atom stereocenters. The average Bonchev–Trinajstić information content (AvgIpc) is 3.31. The highest BCUT2D eigenvalue weighted by Crippen LogP contribution is 2.40. The number of amides is 2. The van der Waals surface area contributed by atoms with E-state index in [1.165, 1.54) is 19.6 Å². The van der Waals surface area contributed by atoms with Crippen molar-refractivity contribution in [2.45, 2.75) is 70.9 Å². The molecule has 2 amide bonds. The largest absolute Gasteiger partial charge is 0.496 e. The van der Waals surface area contributed by atoms with Gasteiger partial charge in [0.25, 0.3) is 5.91 Å². The van der Waals surface area contributed by atoms with Crippen LogP contribution < -0.4 is 20.1 Å². The highest BCUT2D eigenvalue weighted by atomic mass is 19.1. The van der Waals surface area contributed by atoms with Crippen molar-refractivity contribution in [1.82, 2.24) is 10.6 Å². The number of hydrogen-bond acceptors (Lipinski definition) is 6. The summed E-state index contributed by atoms with van der Waals surface area (Å²) in [6.45, 7) is 4.86. The van der Waals surface area contributed by atoms with Gasteiger partial charge in [0.1, 0.15) is 5.75 Å². The molecule has 4 rings (SSSR count). The highest BCUT2D eigenvalue weighted by molar-refractivity contribution is 5.98. The summed E-state index contributed by atoms with van der Waals surface area (Å²) < 4.78 is 31.4. The molecular formula is C27H37FN2O7. The summed E-state index contributed by atoms with van der Waals surface area (Å²) in [4.78, 5) is 37.5. The van der Waals surface area contributed by atoms with Crippen LogP contribution in [0.25, 0.3) is 0 Å². The molecule has 3 N–H and O–H groups in total. The standard InChI is InChI=1S/C27H37FN2O7/c1-26(7-4-8-26)15-29-23(31)18-13-36-14-20(18)30-24(32)17-11-22(19(28)12-21(17)35-3)37-16-5-9-27(2,10-6-16)25(33)34/h11-12,16,18,20H,4-10,13-15H2,1-3H3,(H,29,31)(H,30,32)(H,33,34)/t16-,18-,20+,27+/m1/s1. The fraction of sp³-hybridized carbons (Fsp3) is 0.667. The molecule has 204 valence electrons. The van der Waals surface area contributed by atoms with Gasteiger partial charge >= 0.3 is 5.97 Å². The third kappa shape index (κ3) is 6.00. The lowest BCUT2D eigenvalue weighted by Gasteiger charge is -2.38. The summed E-state index contributed by atoms with van der Waals surface area (Å²) in [5.41, 5.74) is -0.598. The Morgan fingerprint density at radius 1 is 1.11 bits per heavy atom. The summed E-state index contributed by atoms with van der Waals surface area (Å²) in [6.07, 6.45) is 4.75. The zero-order valence-electron chi connectivity index (χ0n) is 21.7. The van der Waals surface area contributed by atoms with Gasteiger partial charge in [-0.1, -0.05) is 13.3 Å². The second kappa shape index (κ2) is 10.8. The number of hydrogen-bond donors (Lipinski definition) is 3. The van der Waals surface area contributed by atoms with E-state index in [1.54, 1.807) is 6.92 Å². The van der Waals surface area contributed by atoms with Crippen LogP contribution in [-0.2, 0) is 14.3 Å². The SMILES string of the molecule is COc1cc(F)c(O[C@H]2CC[C@@](C)(C(=O)O)CC2)cc1C(=O)N[C@H]1COC[C@H]1C(=O)NCC1(C)CCC1. The van der Waals surface area contributed by atoms with Crippen LogP contribution >= 0.6 is 0 Å². The molecule has 3 fully saturated rings. The maximum Gasteiger partial charge on any atom is 0.309 e. The minimum atomic E-state index is -0.847. The van der Waals surface area contributed by atoms with E-state index in [1.807, 2.05) is 0 Å². The van der Waals surface area contributed by atoms with Crippen LogP contribution in [0.3, 0.4) is 0 Å². The minimum absolute atomic E-state index is 0.0438. The molecule has 0 spiro atoms. The molecule has 1 saturated heterocycles. The van der Waals surface area contributed by atoms with Crippen molar-refractivity contribution < 1.29 is 38.1 Å². The molecule has 0 unspecified atom stereocenters. The quantitative estimate of drug-likeness (QED) is 0.457. The summed E-state index contributed by atoms with van der Waals surface area (Å²) >= 11 is 0. The smallest absolute Gasteiger partial charge is 0.309 e. The lowest BCUT2D eigenvalue weighted by Crippen LogP contribution is -2.48. The fourth-order valence-corrected chi connectivity index (χ4v) is 5.30. The number of ether oxygens (including phenoxy) is 3. The molecule has 1 aromatic rings. The molecule has 1 aromatic carbocycles. The van der Waals surface area contributed by atoms with Crippen LogP contribution in [0, 0.1) is 22.6 Å². The third-order valence-electron chi connectivity index (χ3n) is 8.33. The van der Waals surface area contributed by atoms with Gasteiger partial charge < -0.3 is 30.0 Å². The molecule has 37 heavy (non-hydrogen) atoms. The summed E-state index contributed by atoms with van der Waals surface area (Å²) in [6, 6.07) is 1.87. The van der Waals surface area contributed by atoms with E-state index in [4.69, 9.17) is 14.2 Å². The van der Waals surface area contributed by atoms with Gasteiger partial charge in [0.2, 0.25) is 5.91 Å². The monoisotopic (exact) mass is 520 g/mol. The third-order valence-corrected chi connectivity index (χ3v) is 8.33. The lowest BCUT2D eigenvalue weighted by atomic mass is 9.70. The zero-order chi connectivity index (χ0) is 26.8. The number of aliphatic carboxylic acids is 1. The van der Waals surface area contributed by atoms with Crippen LogP contribution in [-0.4, -0.2) is 61.9 Å². The summed E-state index contributed by atoms with van der Waals surface area (Å²) in [5, 5.41) is 15.3. The van der Waals surface area contributed by atoms with Crippen molar-refractivity contribution >= 4 is 17.8 Å². The molecule has 0 bridgehead atoms. The van der Waals surface area contributed by atoms with Gasteiger partial charge in [-0.2, -0.15) is 0 Å². The minimum Gasteiger partial charge on any atom is -0.496 e. The lowest BCUT2D eigenvalue weighted by molar-refractivity contribution is -0.150. The van der Waals surface area contributed by atoms with Crippen molar-refractivity contribution in [3.05, 3.63) is 23.5 Å². The van der Waals surface area contributed by atoms with Gasteiger partial charge in [-0.15, -0.1) is 0 Å². The molecule has 2 saturated carbocycles. The number of carboxylic acids is 1. The van der Waals surface area contributed by atoms with E-state index >= 15 is 0 Å². The Morgan fingerprint density at radius 3 is 2.41 bits per heavy atom. The van der Waals surface area contributed by atoms with Gasteiger partial charge in [0.05, 0.1) is 49.4 Å². The zero-order valence-corrected chi connectivity index (χ0v) is 21.7. The van der Waals surface area contributed by atoms with E-state index in [-0.39, 0.29) is 47.7 Å².